The van der Waals surface area contributed by atoms with Gasteiger partial charge in [0.25, 0.3) is 0 Å². The van der Waals surface area contributed by atoms with Crippen LogP contribution in [0.4, 0.5) is 0 Å². The van der Waals surface area contributed by atoms with E-state index in [1.807, 2.05) is 0 Å². The first kappa shape index (κ1) is 14.8. The predicted molar refractivity (Wildman–Crippen MR) is 81.0 cm³/mol. The van der Waals surface area contributed by atoms with Gasteiger partial charge in [0.1, 0.15) is 0 Å². The number of rotatable bonds is 11. The third-order valence-electron chi connectivity index (χ3n) is 3.44. The zero-order valence-electron chi connectivity index (χ0n) is 11.5. The standard InChI is InChI=1S/C16H29P/c1-2-3-4-5-6-7-8-9-10-11-14-17-15-12-13-16-17/h12-13,15-16H,2-11,14H2,1H3. The Bertz CT molecular complexity index is 238. The van der Waals surface area contributed by atoms with Gasteiger partial charge in [0.2, 0.25) is 0 Å². The van der Waals surface area contributed by atoms with Crippen molar-refractivity contribution in [3.8, 4) is 0 Å². The van der Waals surface area contributed by atoms with E-state index in [2.05, 4.69) is 30.7 Å². The third-order valence-corrected chi connectivity index (χ3v) is 5.38. The number of hydrogen-bond donors (Lipinski definition) is 0. The van der Waals surface area contributed by atoms with Gasteiger partial charge in [-0.1, -0.05) is 76.8 Å². The molecular formula is C16H29P. The average molecular weight is 252 g/mol. The molecule has 0 nitrogen and oxygen atoms in total. The molecule has 17 heavy (non-hydrogen) atoms. The van der Waals surface area contributed by atoms with E-state index in [0.29, 0.717) is 0 Å². The highest BCUT2D eigenvalue weighted by atomic mass is 31.1. The highest BCUT2D eigenvalue weighted by Gasteiger charge is 1.94. The minimum Gasteiger partial charge on any atom is -0.125 e. The summed E-state index contributed by atoms with van der Waals surface area (Å²) in [6.45, 7) is 2.29. The Balaban J connectivity index is 1.76. The second-order valence-corrected chi connectivity index (χ2v) is 7.17. The first-order chi connectivity index (χ1) is 8.43. The van der Waals surface area contributed by atoms with Gasteiger partial charge >= 0.3 is 0 Å². The van der Waals surface area contributed by atoms with Crippen molar-refractivity contribution in [1.29, 1.82) is 0 Å². The molecule has 1 heterocycles. The van der Waals surface area contributed by atoms with Crippen molar-refractivity contribution < 1.29 is 0 Å². The lowest BCUT2D eigenvalue weighted by molar-refractivity contribution is 0.560. The molecular weight excluding hydrogens is 223 g/mol. The number of aryl methyl sites for hydroxylation is 1. The molecule has 0 amide bonds. The van der Waals surface area contributed by atoms with E-state index in [-0.39, 0.29) is 7.53 Å². The summed E-state index contributed by atoms with van der Waals surface area (Å²) in [6.07, 6.45) is 15.9. The van der Waals surface area contributed by atoms with E-state index in [9.17, 15) is 0 Å². The fraction of sp³-hybridized carbons (Fsp3) is 0.750. The molecule has 0 N–H and O–H groups in total. The van der Waals surface area contributed by atoms with Crippen molar-refractivity contribution in [2.45, 2.75) is 77.3 Å². The summed E-state index contributed by atoms with van der Waals surface area (Å²) in [5.74, 6) is 4.78. The van der Waals surface area contributed by atoms with Crippen LogP contribution in [-0.4, -0.2) is 0 Å². The molecule has 0 saturated carbocycles. The van der Waals surface area contributed by atoms with Crippen LogP contribution in [0.15, 0.2) is 23.7 Å². The van der Waals surface area contributed by atoms with Gasteiger partial charge in [-0.3, -0.25) is 0 Å². The topological polar surface area (TPSA) is 0 Å². The molecule has 98 valence electrons. The maximum absolute atomic E-state index is 2.39. The van der Waals surface area contributed by atoms with Crippen LogP contribution in [0.25, 0.3) is 0 Å². The summed E-state index contributed by atoms with van der Waals surface area (Å²) < 4.78 is 0. The average Bonchev–Trinajstić information content (AvgIpc) is 2.85. The van der Waals surface area contributed by atoms with Crippen molar-refractivity contribution in [2.75, 3.05) is 0 Å². The summed E-state index contributed by atoms with van der Waals surface area (Å²) in [4.78, 5) is 0. The van der Waals surface area contributed by atoms with Crippen LogP contribution in [-0.2, 0) is 6.16 Å². The van der Waals surface area contributed by atoms with E-state index < -0.39 is 0 Å². The van der Waals surface area contributed by atoms with Gasteiger partial charge in [-0.25, -0.2) is 0 Å². The molecule has 0 atom stereocenters. The molecule has 1 aromatic rings. The molecule has 0 bridgehead atoms. The van der Waals surface area contributed by atoms with Crippen LogP contribution in [0.3, 0.4) is 0 Å². The maximum atomic E-state index is 2.39. The Kier molecular flexibility index (Phi) is 9.52. The normalized spacial score (nSPS) is 10.9. The van der Waals surface area contributed by atoms with Gasteiger partial charge < -0.3 is 0 Å². The molecule has 0 radical (unpaired) electrons. The molecule has 0 aliphatic heterocycles. The molecule has 1 aromatic heterocycles. The second kappa shape index (κ2) is 10.9. The Hall–Kier alpha value is -0.220. The number of hydrogen-bond acceptors (Lipinski definition) is 0. The summed E-state index contributed by atoms with van der Waals surface area (Å²) >= 11 is 0. The van der Waals surface area contributed by atoms with E-state index in [4.69, 9.17) is 0 Å². The first-order valence-electron chi connectivity index (χ1n) is 7.54. The smallest absolute Gasteiger partial charge is 0.0141 e. The summed E-state index contributed by atoms with van der Waals surface area (Å²) in [5.41, 5.74) is 0. The van der Waals surface area contributed by atoms with Gasteiger partial charge in [0.15, 0.2) is 0 Å². The van der Waals surface area contributed by atoms with Crippen LogP contribution in [0.1, 0.15) is 71.1 Å². The van der Waals surface area contributed by atoms with Crippen LogP contribution < -0.4 is 0 Å². The molecule has 1 rings (SSSR count). The largest absolute Gasteiger partial charge is 0.125 e. The fourth-order valence-electron chi connectivity index (χ4n) is 2.30. The van der Waals surface area contributed by atoms with E-state index >= 15 is 0 Å². The summed E-state index contributed by atoms with van der Waals surface area (Å²) in [6, 6.07) is 4.42. The van der Waals surface area contributed by atoms with Gasteiger partial charge in [0, 0.05) is 0 Å². The SMILES string of the molecule is CCCCCCCCCCCCp1cccc1. The van der Waals surface area contributed by atoms with Gasteiger partial charge in [0.05, 0.1) is 0 Å². The highest BCUT2D eigenvalue weighted by Crippen LogP contribution is 2.29. The molecule has 0 fully saturated rings. The fourth-order valence-corrected chi connectivity index (χ4v) is 3.93. The molecule has 0 unspecified atom stereocenters. The Labute approximate surface area is 109 Å². The van der Waals surface area contributed by atoms with Gasteiger partial charge in [-0.2, -0.15) is 0 Å². The molecule has 0 spiro atoms. The van der Waals surface area contributed by atoms with Crippen molar-refractivity contribution >= 4 is 7.53 Å². The maximum Gasteiger partial charge on any atom is -0.0141 e. The van der Waals surface area contributed by atoms with Crippen molar-refractivity contribution in [3.63, 3.8) is 0 Å². The Morgan fingerprint density at radius 2 is 1.12 bits per heavy atom. The predicted octanol–water partition coefficient (Wildman–Crippen LogP) is 6.59. The minimum atomic E-state index is 0.159. The monoisotopic (exact) mass is 252 g/mol. The molecule has 0 aliphatic carbocycles. The second-order valence-electron chi connectivity index (χ2n) is 5.10. The Morgan fingerprint density at radius 3 is 1.65 bits per heavy atom. The van der Waals surface area contributed by atoms with Crippen LogP contribution >= 0.6 is 7.53 Å². The van der Waals surface area contributed by atoms with Crippen LogP contribution in [0.5, 0.6) is 0 Å². The molecule has 0 aromatic carbocycles. The first-order valence-corrected chi connectivity index (χ1v) is 9.20. The zero-order chi connectivity index (χ0) is 12.2. The lowest BCUT2D eigenvalue weighted by Crippen LogP contribution is -1.81. The molecule has 0 saturated heterocycles. The van der Waals surface area contributed by atoms with Crippen LogP contribution in [0, 0.1) is 0 Å². The zero-order valence-corrected chi connectivity index (χ0v) is 12.4. The lowest BCUT2D eigenvalue weighted by Gasteiger charge is -2.02. The summed E-state index contributed by atoms with van der Waals surface area (Å²) in [5, 5.41) is 0. The van der Waals surface area contributed by atoms with Crippen LogP contribution in [0.2, 0.25) is 0 Å². The lowest BCUT2D eigenvalue weighted by atomic mass is 10.1. The molecule has 1 heteroatoms. The van der Waals surface area contributed by atoms with E-state index in [1.165, 1.54) is 70.4 Å². The molecule has 0 aliphatic rings. The van der Waals surface area contributed by atoms with Gasteiger partial charge in [-0.05, 0) is 24.2 Å². The van der Waals surface area contributed by atoms with Gasteiger partial charge in [-0.15, -0.1) is 7.53 Å². The van der Waals surface area contributed by atoms with Crippen molar-refractivity contribution in [3.05, 3.63) is 23.7 Å². The Morgan fingerprint density at radius 1 is 0.647 bits per heavy atom. The quantitative estimate of drug-likeness (QED) is 0.389. The van der Waals surface area contributed by atoms with E-state index in [1.54, 1.807) is 0 Å². The van der Waals surface area contributed by atoms with E-state index in [0.717, 1.165) is 0 Å². The minimum absolute atomic E-state index is 0.159. The summed E-state index contributed by atoms with van der Waals surface area (Å²) in [7, 11) is 0.159. The number of unbranched alkanes of at least 4 members (excludes halogenated alkanes) is 9. The van der Waals surface area contributed by atoms with Crippen molar-refractivity contribution in [2.24, 2.45) is 0 Å². The highest BCUT2D eigenvalue weighted by molar-refractivity contribution is 7.47. The third kappa shape index (κ3) is 8.50. The van der Waals surface area contributed by atoms with Crippen molar-refractivity contribution in [1.82, 2.24) is 0 Å².